The topological polar surface area (TPSA) is 42.3 Å². The number of anilines is 1. The number of hydrogen-bond acceptors (Lipinski definition) is 4. The number of nitrogens with zero attached hydrogens (tertiary/aromatic N) is 3. The van der Waals surface area contributed by atoms with Crippen LogP contribution in [0.4, 0.5) is 10.1 Å². The SMILES string of the molecule is Cn1ccnc1CN1CCC2(CC(Nc3cccc(F)c3)CO2)C1. The maximum Gasteiger partial charge on any atom is 0.125 e. The lowest BCUT2D eigenvalue weighted by Crippen LogP contribution is -2.33. The van der Waals surface area contributed by atoms with Crippen LogP contribution in [-0.2, 0) is 18.3 Å². The highest BCUT2D eigenvalue weighted by Crippen LogP contribution is 2.36. The number of ether oxygens (including phenoxy) is 1. The van der Waals surface area contributed by atoms with Gasteiger partial charge in [-0.25, -0.2) is 9.37 Å². The molecule has 0 saturated carbocycles. The van der Waals surface area contributed by atoms with Crippen LogP contribution in [0.3, 0.4) is 0 Å². The van der Waals surface area contributed by atoms with E-state index in [2.05, 4.69) is 19.8 Å². The van der Waals surface area contributed by atoms with Gasteiger partial charge in [0.1, 0.15) is 11.6 Å². The first-order chi connectivity index (χ1) is 11.6. The number of nitrogens with one attached hydrogen (secondary N) is 1. The normalized spacial score (nSPS) is 27.2. The summed E-state index contributed by atoms with van der Waals surface area (Å²) in [5, 5.41) is 3.40. The molecule has 3 heterocycles. The maximum atomic E-state index is 13.3. The Morgan fingerprint density at radius 3 is 3.17 bits per heavy atom. The first-order valence-corrected chi connectivity index (χ1v) is 8.47. The highest BCUT2D eigenvalue weighted by molar-refractivity contribution is 5.44. The lowest BCUT2D eigenvalue weighted by Gasteiger charge is -2.23. The molecule has 1 N–H and O–H groups in total. The molecule has 2 atom stereocenters. The van der Waals surface area contributed by atoms with Crippen molar-refractivity contribution in [2.45, 2.75) is 31.0 Å². The van der Waals surface area contributed by atoms with Crippen LogP contribution in [0.15, 0.2) is 36.7 Å². The molecular formula is C18H23FN4O. The third-order valence-corrected chi connectivity index (χ3v) is 5.09. The molecule has 2 unspecified atom stereocenters. The summed E-state index contributed by atoms with van der Waals surface area (Å²) in [6.07, 6.45) is 5.82. The lowest BCUT2D eigenvalue weighted by molar-refractivity contribution is 0.0117. The molecule has 1 spiro atoms. The number of aromatic nitrogens is 2. The smallest absolute Gasteiger partial charge is 0.125 e. The molecule has 2 aliphatic rings. The molecule has 2 aliphatic heterocycles. The summed E-state index contributed by atoms with van der Waals surface area (Å²) in [5.41, 5.74) is 0.749. The zero-order valence-electron chi connectivity index (χ0n) is 13.9. The van der Waals surface area contributed by atoms with E-state index >= 15 is 0 Å². The molecule has 0 bridgehead atoms. The van der Waals surface area contributed by atoms with Gasteiger partial charge in [0.15, 0.2) is 0 Å². The molecule has 24 heavy (non-hydrogen) atoms. The Morgan fingerprint density at radius 1 is 1.46 bits per heavy atom. The van der Waals surface area contributed by atoms with Crippen LogP contribution < -0.4 is 5.32 Å². The first-order valence-electron chi connectivity index (χ1n) is 8.47. The third-order valence-electron chi connectivity index (χ3n) is 5.09. The summed E-state index contributed by atoms with van der Waals surface area (Å²) in [4.78, 5) is 6.82. The lowest BCUT2D eigenvalue weighted by atomic mass is 9.97. The van der Waals surface area contributed by atoms with E-state index in [1.54, 1.807) is 6.07 Å². The molecule has 2 aromatic rings. The number of imidazole rings is 1. The van der Waals surface area contributed by atoms with Gasteiger partial charge in [-0.15, -0.1) is 0 Å². The highest BCUT2D eigenvalue weighted by atomic mass is 19.1. The Balaban J connectivity index is 1.35. The van der Waals surface area contributed by atoms with E-state index in [0.717, 1.165) is 44.0 Å². The Hall–Kier alpha value is -1.92. The van der Waals surface area contributed by atoms with Gasteiger partial charge in [0.05, 0.1) is 24.8 Å². The van der Waals surface area contributed by atoms with Gasteiger partial charge in [-0.1, -0.05) is 6.07 Å². The van der Waals surface area contributed by atoms with Gasteiger partial charge < -0.3 is 14.6 Å². The number of rotatable bonds is 4. The van der Waals surface area contributed by atoms with Crippen molar-refractivity contribution >= 4 is 5.69 Å². The van der Waals surface area contributed by atoms with Crippen molar-refractivity contribution in [3.05, 3.63) is 48.3 Å². The summed E-state index contributed by atoms with van der Waals surface area (Å²) < 4.78 is 21.5. The van der Waals surface area contributed by atoms with Crippen LogP contribution in [0.25, 0.3) is 0 Å². The quantitative estimate of drug-likeness (QED) is 0.935. The van der Waals surface area contributed by atoms with Crippen LogP contribution in [0.1, 0.15) is 18.7 Å². The van der Waals surface area contributed by atoms with Gasteiger partial charge in [0.2, 0.25) is 0 Å². The first kappa shape index (κ1) is 15.6. The average molecular weight is 330 g/mol. The van der Waals surface area contributed by atoms with Gasteiger partial charge in [-0.05, 0) is 24.6 Å². The third kappa shape index (κ3) is 3.16. The fourth-order valence-electron chi connectivity index (χ4n) is 3.85. The van der Waals surface area contributed by atoms with E-state index in [0.29, 0.717) is 6.61 Å². The molecule has 2 fully saturated rings. The van der Waals surface area contributed by atoms with Crippen molar-refractivity contribution < 1.29 is 9.13 Å². The van der Waals surface area contributed by atoms with Crippen molar-refractivity contribution in [2.24, 2.45) is 7.05 Å². The minimum Gasteiger partial charge on any atom is -0.380 e. The van der Waals surface area contributed by atoms with Gasteiger partial charge in [0.25, 0.3) is 0 Å². The van der Waals surface area contributed by atoms with E-state index in [9.17, 15) is 4.39 Å². The summed E-state index contributed by atoms with van der Waals surface area (Å²) >= 11 is 0. The van der Waals surface area contributed by atoms with Crippen molar-refractivity contribution in [1.29, 1.82) is 0 Å². The van der Waals surface area contributed by atoms with E-state index in [1.165, 1.54) is 12.1 Å². The van der Waals surface area contributed by atoms with Crippen LogP contribution in [-0.4, -0.2) is 45.8 Å². The summed E-state index contributed by atoms with van der Waals surface area (Å²) in [6.45, 7) is 3.49. The largest absolute Gasteiger partial charge is 0.380 e. The summed E-state index contributed by atoms with van der Waals surface area (Å²) in [7, 11) is 2.03. The van der Waals surface area contributed by atoms with E-state index in [-0.39, 0.29) is 17.5 Å². The van der Waals surface area contributed by atoms with Crippen molar-refractivity contribution in [3.8, 4) is 0 Å². The molecule has 0 amide bonds. The number of hydrogen-bond donors (Lipinski definition) is 1. The van der Waals surface area contributed by atoms with Gasteiger partial charge in [-0.2, -0.15) is 0 Å². The standard InChI is InChI=1S/C18H23FN4O/c1-22-8-6-20-17(22)11-23-7-5-18(13-23)10-16(12-24-18)21-15-4-2-3-14(19)9-15/h2-4,6,8-9,16,21H,5,7,10-13H2,1H3. The van der Waals surface area contributed by atoms with Crippen molar-refractivity contribution in [1.82, 2.24) is 14.5 Å². The molecule has 4 rings (SSSR count). The summed E-state index contributed by atoms with van der Waals surface area (Å²) in [6, 6.07) is 6.86. The molecule has 1 aromatic carbocycles. The Morgan fingerprint density at radius 2 is 2.38 bits per heavy atom. The molecule has 0 radical (unpaired) electrons. The van der Waals surface area contributed by atoms with Crippen LogP contribution in [0.2, 0.25) is 0 Å². The molecule has 2 saturated heterocycles. The summed E-state index contributed by atoms with van der Waals surface area (Å²) in [5.74, 6) is 0.871. The Labute approximate surface area is 141 Å². The number of benzene rings is 1. The number of likely N-dealkylation sites (tertiary alicyclic amines) is 1. The minimum atomic E-state index is -0.212. The molecule has 5 nitrogen and oxygen atoms in total. The Bertz CT molecular complexity index is 719. The van der Waals surface area contributed by atoms with Crippen LogP contribution >= 0.6 is 0 Å². The minimum absolute atomic E-state index is 0.0733. The maximum absolute atomic E-state index is 13.3. The monoisotopic (exact) mass is 330 g/mol. The zero-order valence-corrected chi connectivity index (χ0v) is 13.9. The highest BCUT2D eigenvalue weighted by Gasteiger charge is 2.45. The fourth-order valence-corrected chi connectivity index (χ4v) is 3.85. The average Bonchev–Trinajstić information content (AvgIpc) is 3.24. The predicted molar refractivity (Wildman–Crippen MR) is 90.2 cm³/mol. The van der Waals surface area contributed by atoms with Crippen molar-refractivity contribution in [2.75, 3.05) is 25.0 Å². The fraction of sp³-hybridized carbons (Fsp3) is 0.500. The van der Waals surface area contributed by atoms with Crippen LogP contribution in [0.5, 0.6) is 0 Å². The molecule has 1 aromatic heterocycles. The van der Waals surface area contributed by atoms with E-state index in [1.807, 2.05) is 25.5 Å². The molecular weight excluding hydrogens is 307 g/mol. The molecule has 0 aliphatic carbocycles. The van der Waals surface area contributed by atoms with Gasteiger partial charge >= 0.3 is 0 Å². The van der Waals surface area contributed by atoms with Gasteiger partial charge in [0, 0.05) is 44.6 Å². The number of halogens is 1. The predicted octanol–water partition coefficient (Wildman–Crippen LogP) is 2.40. The Kier molecular flexibility index (Phi) is 4.02. The second-order valence-electron chi connectivity index (χ2n) is 6.96. The zero-order chi connectivity index (χ0) is 16.6. The van der Waals surface area contributed by atoms with Crippen LogP contribution in [0, 0.1) is 5.82 Å². The molecule has 128 valence electrons. The van der Waals surface area contributed by atoms with E-state index < -0.39 is 0 Å². The second-order valence-corrected chi connectivity index (χ2v) is 6.96. The second kappa shape index (κ2) is 6.18. The van der Waals surface area contributed by atoms with Gasteiger partial charge in [-0.3, -0.25) is 4.90 Å². The van der Waals surface area contributed by atoms with Crippen molar-refractivity contribution in [3.63, 3.8) is 0 Å². The molecule has 6 heteroatoms. The number of aryl methyl sites for hydroxylation is 1. The van der Waals surface area contributed by atoms with E-state index in [4.69, 9.17) is 4.74 Å².